The van der Waals surface area contributed by atoms with Gasteiger partial charge in [-0.2, -0.15) is 0 Å². The van der Waals surface area contributed by atoms with Crippen molar-refractivity contribution < 1.29 is 28.8 Å². The van der Waals surface area contributed by atoms with Crippen LogP contribution in [0.1, 0.15) is 102 Å². The number of carbonyl (C=O) groups is 6. The first kappa shape index (κ1) is 43.5. The molecule has 2 aromatic heterocycles. The van der Waals surface area contributed by atoms with Gasteiger partial charge in [-0.3, -0.25) is 39.1 Å². The van der Waals surface area contributed by atoms with Gasteiger partial charge in [0, 0.05) is 100 Å². The van der Waals surface area contributed by atoms with Gasteiger partial charge in [0.05, 0.1) is 5.56 Å². The number of anilines is 1. The molecule has 0 aliphatic carbocycles. The summed E-state index contributed by atoms with van der Waals surface area (Å²) < 4.78 is 0. The first-order chi connectivity index (χ1) is 29.7. The highest BCUT2D eigenvalue weighted by Crippen LogP contribution is 2.35. The smallest absolute Gasteiger partial charge is 0.255 e. The number of piperazine rings is 1. The van der Waals surface area contributed by atoms with E-state index in [0.29, 0.717) is 69.2 Å². The summed E-state index contributed by atoms with van der Waals surface area (Å²) in [4.78, 5) is 93.0. The lowest BCUT2D eigenvalue weighted by Crippen LogP contribution is -2.52. The molecule has 1 aromatic carbocycles. The lowest BCUT2D eigenvalue weighted by atomic mass is 9.91. The molecule has 0 spiro atoms. The largest absolute Gasteiger partial charge is 0.353 e. The molecular formula is C46H56N8O6S. The number of thioether (sulfide) groups is 1. The van der Waals surface area contributed by atoms with Gasteiger partial charge >= 0.3 is 0 Å². The minimum Gasteiger partial charge on any atom is -0.353 e. The van der Waals surface area contributed by atoms with Crippen molar-refractivity contribution in [2.45, 2.75) is 88.1 Å². The van der Waals surface area contributed by atoms with Gasteiger partial charge in [0.2, 0.25) is 23.6 Å². The Morgan fingerprint density at radius 2 is 1.69 bits per heavy atom. The van der Waals surface area contributed by atoms with Crippen LogP contribution in [0.5, 0.6) is 0 Å². The van der Waals surface area contributed by atoms with Gasteiger partial charge in [-0.15, -0.1) is 11.8 Å². The molecule has 6 amide bonds. The minimum absolute atomic E-state index is 0.0204. The second-order valence-corrected chi connectivity index (χ2v) is 17.4. The molecule has 3 saturated heterocycles. The maximum absolute atomic E-state index is 13.3. The van der Waals surface area contributed by atoms with Crippen LogP contribution < -0.4 is 15.5 Å². The van der Waals surface area contributed by atoms with Gasteiger partial charge in [-0.1, -0.05) is 31.4 Å². The number of nitrogens with one attached hydrogen (secondary N) is 2. The fourth-order valence-corrected chi connectivity index (χ4v) is 9.65. The van der Waals surface area contributed by atoms with Crippen molar-refractivity contribution in [3.8, 4) is 0 Å². The van der Waals surface area contributed by atoms with E-state index in [-0.39, 0.29) is 36.0 Å². The van der Waals surface area contributed by atoms with Crippen molar-refractivity contribution in [1.82, 2.24) is 35.3 Å². The van der Waals surface area contributed by atoms with Crippen LogP contribution in [0.25, 0.3) is 6.08 Å². The van der Waals surface area contributed by atoms with Crippen LogP contribution in [-0.2, 0) is 25.7 Å². The zero-order chi connectivity index (χ0) is 42.6. The highest BCUT2D eigenvalue weighted by Gasteiger charge is 2.40. The number of likely N-dealkylation sites (tertiary alicyclic amines) is 1. The van der Waals surface area contributed by atoms with Crippen LogP contribution >= 0.6 is 11.8 Å². The molecule has 3 aromatic rings. The molecule has 4 aliphatic heterocycles. The number of pyridine rings is 2. The summed E-state index contributed by atoms with van der Waals surface area (Å²) in [5.74, 6) is 1.50. The molecule has 4 aliphatic rings. The van der Waals surface area contributed by atoms with E-state index in [0.717, 1.165) is 92.0 Å². The number of aromatic nitrogens is 2. The van der Waals surface area contributed by atoms with E-state index < -0.39 is 11.9 Å². The van der Waals surface area contributed by atoms with Crippen molar-refractivity contribution in [3.05, 3.63) is 89.4 Å². The van der Waals surface area contributed by atoms with E-state index in [1.807, 2.05) is 52.3 Å². The molecule has 0 radical (unpaired) electrons. The molecule has 7 rings (SSSR count). The third-order valence-corrected chi connectivity index (χ3v) is 13.3. The highest BCUT2D eigenvalue weighted by atomic mass is 32.2. The maximum atomic E-state index is 13.3. The Kier molecular flexibility index (Phi) is 15.2. The van der Waals surface area contributed by atoms with Crippen molar-refractivity contribution in [2.24, 2.45) is 5.92 Å². The predicted molar refractivity (Wildman–Crippen MR) is 233 cm³/mol. The van der Waals surface area contributed by atoms with Gasteiger partial charge in [0.15, 0.2) is 0 Å². The minimum atomic E-state index is -0.624. The molecule has 61 heavy (non-hydrogen) atoms. The average molecular weight is 849 g/mol. The third kappa shape index (κ3) is 11.6. The number of hydrogen-bond acceptors (Lipinski definition) is 10. The molecule has 0 saturated carbocycles. The molecule has 0 bridgehead atoms. The average Bonchev–Trinajstić information content (AvgIpc) is 3.63. The molecule has 3 fully saturated rings. The summed E-state index contributed by atoms with van der Waals surface area (Å²) in [6.45, 7) is 5.15. The van der Waals surface area contributed by atoms with Gasteiger partial charge in [-0.05, 0) is 97.7 Å². The number of carbonyl (C=O) groups excluding carboxylic acids is 6. The van der Waals surface area contributed by atoms with E-state index in [9.17, 15) is 28.8 Å². The van der Waals surface area contributed by atoms with Crippen LogP contribution in [-0.4, -0.2) is 118 Å². The first-order valence-electron chi connectivity index (χ1n) is 21.8. The monoisotopic (exact) mass is 848 g/mol. The molecule has 1 unspecified atom stereocenters. The van der Waals surface area contributed by atoms with E-state index >= 15 is 0 Å². The van der Waals surface area contributed by atoms with Crippen LogP contribution in [0.4, 0.5) is 5.82 Å². The van der Waals surface area contributed by atoms with Gasteiger partial charge < -0.3 is 24.9 Å². The SMILES string of the molecule is O=C(/C=C/c1cccnc1)NCCCCC1CCN(C(=O)c2ccc(N3CCN(C(=O)CCCCCSc4cccc5c4CN(C4CCC(=O)NC4=O)C5=O)CC3)nc2)CC1. The number of rotatable bonds is 17. The van der Waals surface area contributed by atoms with E-state index in [1.54, 1.807) is 47.4 Å². The van der Waals surface area contributed by atoms with Gasteiger partial charge in [0.25, 0.3) is 11.8 Å². The van der Waals surface area contributed by atoms with Gasteiger partial charge in [-0.25, -0.2) is 4.98 Å². The zero-order valence-corrected chi connectivity index (χ0v) is 35.6. The fourth-order valence-electron chi connectivity index (χ4n) is 8.55. The summed E-state index contributed by atoms with van der Waals surface area (Å²) in [5.41, 5.74) is 3.06. The Balaban J connectivity index is 0.739. The topological polar surface area (TPSA) is 165 Å². The summed E-state index contributed by atoms with van der Waals surface area (Å²) in [5, 5.41) is 5.31. The fraction of sp³-hybridized carbons (Fsp3) is 0.478. The standard InChI is InChI=1S/C46H56N8O6S/c55-41(17-13-34-9-7-21-47-30-34)48-22-4-3-8-33-19-23-53(24-20-33)45(59)35-14-16-40(49-31-35)51-25-27-52(28-26-51)43(57)12-2-1-5-29-61-39-11-6-10-36-37(39)32-54(46(36)60)38-15-18-42(56)50-44(38)58/h6-7,9-11,13-14,16-17,21,30-31,33,38H,1-5,8,12,15,18-20,22-29,32H2,(H,48,55)(H,50,56,58)/b17-13+. The van der Waals surface area contributed by atoms with Crippen LogP contribution in [0.3, 0.4) is 0 Å². The molecule has 14 nitrogen and oxygen atoms in total. The molecule has 6 heterocycles. The number of hydrogen-bond donors (Lipinski definition) is 2. The Bertz CT molecular complexity index is 2070. The van der Waals surface area contributed by atoms with E-state index in [4.69, 9.17) is 0 Å². The molecule has 322 valence electrons. The second-order valence-electron chi connectivity index (χ2n) is 16.3. The Morgan fingerprint density at radius 1 is 0.852 bits per heavy atom. The number of nitrogens with zero attached hydrogens (tertiary/aromatic N) is 6. The summed E-state index contributed by atoms with van der Waals surface area (Å²) >= 11 is 1.70. The Morgan fingerprint density at radius 3 is 2.44 bits per heavy atom. The van der Waals surface area contributed by atoms with E-state index in [2.05, 4.69) is 25.5 Å². The van der Waals surface area contributed by atoms with Crippen LogP contribution in [0, 0.1) is 5.92 Å². The normalized spacial score (nSPS) is 18.4. The third-order valence-electron chi connectivity index (χ3n) is 12.1. The second kappa shape index (κ2) is 21.3. The Hall–Kier alpha value is -5.57. The number of piperidine rings is 2. The van der Waals surface area contributed by atoms with Crippen molar-refractivity contribution in [2.75, 3.05) is 56.5 Å². The molecule has 1 atom stereocenters. The maximum Gasteiger partial charge on any atom is 0.255 e. The molecular weight excluding hydrogens is 793 g/mol. The lowest BCUT2D eigenvalue weighted by Gasteiger charge is -2.35. The Labute approximate surface area is 361 Å². The van der Waals surface area contributed by atoms with Crippen LogP contribution in [0.15, 0.2) is 72.0 Å². The van der Waals surface area contributed by atoms with E-state index in [1.165, 1.54) is 0 Å². The summed E-state index contributed by atoms with van der Waals surface area (Å²) in [6.07, 6.45) is 17.2. The number of amides is 6. The number of benzene rings is 1. The zero-order valence-electron chi connectivity index (χ0n) is 34.8. The van der Waals surface area contributed by atoms with Crippen molar-refractivity contribution in [1.29, 1.82) is 0 Å². The summed E-state index contributed by atoms with van der Waals surface area (Å²) in [6, 6.07) is 12.6. The molecule has 2 N–H and O–H groups in total. The molecule has 15 heteroatoms. The quantitative estimate of drug-likeness (QED) is 0.0810. The number of unbranched alkanes of at least 4 members (excludes halogenated alkanes) is 3. The van der Waals surface area contributed by atoms with Crippen molar-refractivity contribution in [3.63, 3.8) is 0 Å². The summed E-state index contributed by atoms with van der Waals surface area (Å²) in [7, 11) is 0. The van der Waals surface area contributed by atoms with Gasteiger partial charge in [0.1, 0.15) is 11.9 Å². The highest BCUT2D eigenvalue weighted by molar-refractivity contribution is 7.99. The first-order valence-corrected chi connectivity index (χ1v) is 22.8. The number of imide groups is 1. The van der Waals surface area contributed by atoms with Crippen LogP contribution in [0.2, 0.25) is 0 Å². The lowest BCUT2D eigenvalue weighted by molar-refractivity contribution is -0.137. The van der Waals surface area contributed by atoms with Crippen molar-refractivity contribution >= 4 is 59.1 Å². The number of fused-ring (bicyclic) bond motifs is 1. The predicted octanol–water partition coefficient (Wildman–Crippen LogP) is 5.09.